The molecule has 0 aliphatic carbocycles. The molecule has 0 bridgehead atoms. The largest absolute Gasteiger partial charge is 0.360 e. The van der Waals surface area contributed by atoms with Gasteiger partial charge in [0.05, 0.1) is 5.75 Å². The fourth-order valence-corrected chi connectivity index (χ4v) is 3.02. The van der Waals surface area contributed by atoms with Gasteiger partial charge in [0.15, 0.2) is 4.34 Å². The first-order valence-corrected chi connectivity index (χ1v) is 7.01. The first-order valence-electron chi connectivity index (χ1n) is 5.20. The molecule has 0 saturated carbocycles. The maximum atomic E-state index is 12.6. The van der Waals surface area contributed by atoms with Gasteiger partial charge in [-0.1, -0.05) is 23.1 Å². The molecule has 2 heterocycles. The summed E-state index contributed by atoms with van der Waals surface area (Å²) >= 11 is 2.74. The van der Waals surface area contributed by atoms with E-state index in [2.05, 4.69) is 20.5 Å². The highest BCUT2D eigenvalue weighted by Crippen LogP contribution is 2.28. The van der Waals surface area contributed by atoms with E-state index in [-0.39, 0.29) is 0 Å². The van der Waals surface area contributed by atoms with Crippen LogP contribution in [0.2, 0.25) is 0 Å². The van der Waals surface area contributed by atoms with E-state index in [4.69, 9.17) is 0 Å². The number of hydrogen-bond donors (Lipinski definition) is 1. The summed E-state index contributed by atoms with van der Waals surface area (Å²) in [4.78, 5) is 3.90. The zero-order chi connectivity index (χ0) is 13.0. The summed E-state index contributed by atoms with van der Waals surface area (Å²) < 4.78 is 26.7. The monoisotopic (exact) mass is 291 g/mol. The summed E-state index contributed by atoms with van der Waals surface area (Å²) in [7, 11) is 0. The maximum absolute atomic E-state index is 12.6. The number of aromatic nitrogens is 4. The Balaban J connectivity index is 1.96. The minimum absolute atomic E-state index is 0.329. The number of nitrogens with zero attached hydrogens (tertiary/aromatic N) is 4. The molecule has 2 aromatic heterocycles. The van der Waals surface area contributed by atoms with Gasteiger partial charge in [-0.05, 0) is 6.92 Å². The van der Waals surface area contributed by atoms with Crippen LogP contribution in [0.1, 0.15) is 19.3 Å². The molecule has 0 spiro atoms. The molecule has 0 unspecified atom stereocenters. The fraction of sp³-hybridized carbons (Fsp3) is 0.444. The van der Waals surface area contributed by atoms with Crippen LogP contribution < -0.4 is 5.32 Å². The number of nitrogens with one attached hydrogen (secondary N) is 1. The van der Waals surface area contributed by atoms with E-state index >= 15 is 0 Å². The highest BCUT2D eigenvalue weighted by molar-refractivity contribution is 8.00. The molecule has 0 saturated heterocycles. The average Bonchev–Trinajstić information content (AvgIpc) is 2.95. The van der Waals surface area contributed by atoms with Gasteiger partial charge in [-0.15, -0.1) is 10.2 Å². The summed E-state index contributed by atoms with van der Waals surface area (Å²) in [5, 5.41) is 11.7. The third-order valence-corrected chi connectivity index (χ3v) is 4.03. The highest BCUT2D eigenvalue weighted by Gasteiger charge is 2.12. The Bertz CT molecular complexity index is 499. The van der Waals surface area contributed by atoms with Crippen LogP contribution >= 0.6 is 23.1 Å². The maximum Gasteiger partial charge on any atom is 0.319 e. The van der Waals surface area contributed by atoms with Crippen LogP contribution in [0.5, 0.6) is 0 Å². The van der Waals surface area contributed by atoms with E-state index in [1.165, 1.54) is 35.5 Å². The van der Waals surface area contributed by atoms with Crippen molar-refractivity contribution < 1.29 is 8.78 Å². The second-order valence-corrected chi connectivity index (χ2v) is 5.42. The quantitative estimate of drug-likeness (QED) is 0.829. The second kappa shape index (κ2) is 6.10. The minimum Gasteiger partial charge on any atom is -0.360 e. The minimum atomic E-state index is -2.56. The Kier molecular flexibility index (Phi) is 4.48. The van der Waals surface area contributed by atoms with Crippen molar-refractivity contribution in [2.75, 3.05) is 11.9 Å². The van der Waals surface area contributed by atoms with Crippen molar-refractivity contribution in [3.05, 3.63) is 18.2 Å². The predicted octanol–water partition coefficient (Wildman–Crippen LogP) is 2.85. The van der Waals surface area contributed by atoms with Crippen molar-refractivity contribution >= 4 is 28.2 Å². The predicted molar refractivity (Wildman–Crippen MR) is 67.1 cm³/mol. The van der Waals surface area contributed by atoms with Crippen LogP contribution in [0.25, 0.3) is 0 Å². The normalized spacial score (nSPS) is 11.1. The Morgan fingerprint density at radius 1 is 1.50 bits per heavy atom. The molecule has 0 atom stereocenters. The third kappa shape index (κ3) is 3.16. The molecular weight excluding hydrogens is 280 g/mol. The van der Waals surface area contributed by atoms with Crippen LogP contribution in [-0.4, -0.2) is 26.3 Å². The van der Waals surface area contributed by atoms with Crippen molar-refractivity contribution in [1.82, 2.24) is 19.7 Å². The summed E-state index contributed by atoms with van der Waals surface area (Å²) in [5.41, 5.74) is 0. The van der Waals surface area contributed by atoms with Gasteiger partial charge < -0.3 is 5.32 Å². The zero-order valence-corrected chi connectivity index (χ0v) is 11.1. The number of rotatable bonds is 6. The van der Waals surface area contributed by atoms with Crippen molar-refractivity contribution in [2.24, 2.45) is 0 Å². The molecule has 0 aromatic carbocycles. The van der Waals surface area contributed by atoms with Gasteiger partial charge in [0.25, 0.3) is 0 Å². The van der Waals surface area contributed by atoms with E-state index < -0.39 is 6.55 Å². The smallest absolute Gasteiger partial charge is 0.319 e. The Hall–Kier alpha value is -1.22. The zero-order valence-electron chi connectivity index (χ0n) is 9.51. The van der Waals surface area contributed by atoms with E-state index in [0.29, 0.717) is 11.6 Å². The van der Waals surface area contributed by atoms with Gasteiger partial charge in [0, 0.05) is 18.9 Å². The average molecular weight is 291 g/mol. The molecule has 0 amide bonds. The molecule has 9 heteroatoms. The second-order valence-electron chi connectivity index (χ2n) is 3.22. The number of hydrogen-bond acceptors (Lipinski definition) is 6. The summed E-state index contributed by atoms with van der Waals surface area (Å²) in [6.45, 7) is 0.179. The van der Waals surface area contributed by atoms with Crippen molar-refractivity contribution in [1.29, 1.82) is 0 Å². The standard InChI is InChI=1S/C9H11F2N5S2/c1-2-12-8-14-15-9(18-8)17-5-6-13-3-4-16(6)7(10)11/h3-4,7H,2,5H2,1H3,(H,12,14). The Labute approximate surface area is 111 Å². The molecule has 0 aliphatic heterocycles. The van der Waals surface area contributed by atoms with Crippen molar-refractivity contribution in [2.45, 2.75) is 23.6 Å². The number of thioether (sulfide) groups is 1. The molecule has 5 nitrogen and oxygen atoms in total. The first kappa shape index (κ1) is 13.2. The Morgan fingerprint density at radius 2 is 2.33 bits per heavy atom. The van der Waals surface area contributed by atoms with Crippen molar-refractivity contribution in [3.8, 4) is 0 Å². The number of anilines is 1. The SMILES string of the molecule is CCNc1nnc(SCc2nccn2C(F)F)s1. The molecule has 2 aromatic rings. The van der Waals surface area contributed by atoms with E-state index in [1.54, 1.807) is 0 Å². The topological polar surface area (TPSA) is 55.6 Å². The highest BCUT2D eigenvalue weighted by atomic mass is 32.2. The van der Waals surface area contributed by atoms with Crippen LogP contribution in [0, 0.1) is 0 Å². The molecule has 1 N–H and O–H groups in total. The number of halogens is 2. The summed E-state index contributed by atoms with van der Waals surface area (Å²) in [6.07, 6.45) is 2.64. The van der Waals surface area contributed by atoms with E-state index in [1.807, 2.05) is 6.92 Å². The molecule has 2 rings (SSSR count). The Morgan fingerprint density at radius 3 is 3.06 bits per heavy atom. The summed E-state index contributed by atoms with van der Waals surface area (Å²) in [6, 6.07) is 0. The summed E-state index contributed by atoms with van der Waals surface area (Å²) in [5.74, 6) is 0.674. The molecule has 0 aliphatic rings. The first-order chi connectivity index (χ1) is 8.70. The molecule has 98 valence electrons. The number of imidazole rings is 1. The van der Waals surface area contributed by atoms with Crippen LogP contribution in [0.3, 0.4) is 0 Å². The van der Waals surface area contributed by atoms with Crippen LogP contribution in [-0.2, 0) is 5.75 Å². The van der Waals surface area contributed by atoms with Gasteiger partial charge >= 0.3 is 6.55 Å². The van der Waals surface area contributed by atoms with Crippen LogP contribution in [0.15, 0.2) is 16.7 Å². The molecule has 0 fully saturated rings. The number of alkyl halides is 2. The van der Waals surface area contributed by atoms with Crippen LogP contribution in [0.4, 0.5) is 13.9 Å². The third-order valence-electron chi connectivity index (χ3n) is 2.02. The lowest BCUT2D eigenvalue weighted by atomic mass is 10.7. The van der Waals surface area contributed by atoms with E-state index in [9.17, 15) is 8.78 Å². The molecule has 18 heavy (non-hydrogen) atoms. The fourth-order valence-electron chi connectivity index (χ4n) is 1.25. The van der Waals surface area contributed by atoms with Gasteiger partial charge in [-0.2, -0.15) is 8.78 Å². The van der Waals surface area contributed by atoms with Crippen molar-refractivity contribution in [3.63, 3.8) is 0 Å². The lowest BCUT2D eigenvalue weighted by Gasteiger charge is -2.04. The van der Waals surface area contributed by atoms with Gasteiger partial charge in [0.1, 0.15) is 5.82 Å². The van der Waals surface area contributed by atoms with E-state index in [0.717, 1.165) is 20.6 Å². The lowest BCUT2D eigenvalue weighted by Crippen LogP contribution is -2.01. The van der Waals surface area contributed by atoms with Gasteiger partial charge in [-0.25, -0.2) is 4.98 Å². The lowest BCUT2D eigenvalue weighted by molar-refractivity contribution is 0.0678. The molecular formula is C9H11F2N5S2. The molecule has 0 radical (unpaired) electrons. The van der Waals surface area contributed by atoms with Gasteiger partial charge in [-0.3, -0.25) is 4.57 Å². The van der Waals surface area contributed by atoms with Gasteiger partial charge in [0.2, 0.25) is 5.13 Å².